The molecule has 0 fully saturated rings. The largest absolute Gasteiger partial charge is 0.478 e. The van der Waals surface area contributed by atoms with E-state index in [1.807, 2.05) is 20.8 Å². The zero-order valence-corrected chi connectivity index (χ0v) is 13.5. The number of carbonyl (C=O) groups is 1. The van der Waals surface area contributed by atoms with Gasteiger partial charge in [0.05, 0.1) is 10.6 Å². The minimum atomic E-state index is -0.975. The van der Waals surface area contributed by atoms with Crippen molar-refractivity contribution in [1.82, 2.24) is 9.97 Å². The highest BCUT2D eigenvalue weighted by atomic mass is 35.5. The number of aromatic nitrogens is 2. The van der Waals surface area contributed by atoms with Gasteiger partial charge in [-0.1, -0.05) is 32.4 Å². The van der Waals surface area contributed by atoms with E-state index in [4.69, 9.17) is 11.6 Å². The summed E-state index contributed by atoms with van der Waals surface area (Å²) >= 11 is 7.34. The molecule has 6 heteroatoms. The van der Waals surface area contributed by atoms with Gasteiger partial charge in [0.25, 0.3) is 0 Å². The summed E-state index contributed by atoms with van der Waals surface area (Å²) in [6, 6.07) is 6.62. The maximum absolute atomic E-state index is 11.3. The minimum Gasteiger partial charge on any atom is -0.478 e. The lowest BCUT2D eigenvalue weighted by Crippen LogP contribution is -2.15. The molecule has 0 aromatic carbocycles. The van der Waals surface area contributed by atoms with E-state index in [1.54, 1.807) is 24.4 Å². The molecule has 1 N–H and O–H groups in total. The van der Waals surface area contributed by atoms with E-state index in [9.17, 15) is 9.90 Å². The molecule has 2 aromatic rings. The van der Waals surface area contributed by atoms with Crippen molar-refractivity contribution < 1.29 is 9.90 Å². The van der Waals surface area contributed by atoms with Crippen LogP contribution in [-0.4, -0.2) is 21.0 Å². The summed E-state index contributed by atoms with van der Waals surface area (Å²) in [5.41, 5.74) is 0.690. The average Bonchev–Trinajstić information content (AvgIpc) is 2.40. The van der Waals surface area contributed by atoms with Crippen LogP contribution in [0.1, 0.15) is 36.8 Å². The fourth-order valence-corrected chi connectivity index (χ4v) is 2.65. The number of carboxylic acid groups (broad SMARTS) is 1. The molecule has 0 saturated heterocycles. The van der Waals surface area contributed by atoms with Gasteiger partial charge in [0.1, 0.15) is 10.1 Å². The van der Waals surface area contributed by atoms with Crippen molar-refractivity contribution in [3.63, 3.8) is 0 Å². The third kappa shape index (κ3) is 3.95. The van der Waals surface area contributed by atoms with Gasteiger partial charge in [-0.05, 0) is 36.0 Å². The van der Waals surface area contributed by atoms with Gasteiger partial charge in [0, 0.05) is 17.3 Å². The highest BCUT2D eigenvalue weighted by Crippen LogP contribution is 2.32. The van der Waals surface area contributed by atoms with Gasteiger partial charge in [0.15, 0.2) is 0 Å². The molecule has 110 valence electrons. The highest BCUT2D eigenvalue weighted by Gasteiger charge is 2.20. The molecule has 0 radical (unpaired) electrons. The molecule has 2 aromatic heterocycles. The van der Waals surface area contributed by atoms with Crippen LogP contribution in [0.25, 0.3) is 0 Å². The Bertz CT molecular complexity index is 684. The lowest BCUT2D eigenvalue weighted by Gasteiger charge is -2.19. The van der Waals surface area contributed by atoms with Crippen LogP contribution in [0.2, 0.25) is 5.02 Å². The Hall–Kier alpha value is -1.59. The van der Waals surface area contributed by atoms with Crippen molar-refractivity contribution in [1.29, 1.82) is 0 Å². The summed E-state index contributed by atoms with van der Waals surface area (Å²) < 4.78 is 0. The van der Waals surface area contributed by atoms with Crippen molar-refractivity contribution in [2.45, 2.75) is 36.2 Å². The normalized spacial score (nSPS) is 11.4. The first-order valence-corrected chi connectivity index (χ1v) is 7.51. The number of halogens is 1. The van der Waals surface area contributed by atoms with Crippen LogP contribution in [-0.2, 0) is 5.41 Å². The van der Waals surface area contributed by atoms with Crippen molar-refractivity contribution in [3.8, 4) is 0 Å². The predicted molar refractivity (Wildman–Crippen MR) is 83.3 cm³/mol. The zero-order chi connectivity index (χ0) is 15.6. The lowest BCUT2D eigenvalue weighted by atomic mass is 9.91. The fraction of sp³-hybridized carbons (Fsp3) is 0.267. The molecule has 4 nitrogen and oxygen atoms in total. The Morgan fingerprint density at radius 1 is 1.33 bits per heavy atom. The number of hydrogen-bond donors (Lipinski definition) is 1. The molecule has 0 aliphatic rings. The number of pyridine rings is 2. The van der Waals surface area contributed by atoms with Gasteiger partial charge in [-0.3, -0.25) is 0 Å². The van der Waals surface area contributed by atoms with E-state index in [-0.39, 0.29) is 11.0 Å². The molecule has 0 unspecified atom stereocenters. The number of carboxylic acids is 1. The van der Waals surface area contributed by atoms with Crippen LogP contribution in [0, 0.1) is 0 Å². The summed E-state index contributed by atoms with van der Waals surface area (Å²) in [6.45, 7) is 5.97. The molecule has 2 heterocycles. The minimum absolute atomic E-state index is 0.212. The van der Waals surface area contributed by atoms with E-state index in [0.717, 1.165) is 5.69 Å². The van der Waals surface area contributed by atoms with Crippen molar-refractivity contribution in [2.24, 2.45) is 0 Å². The van der Waals surface area contributed by atoms with E-state index in [0.29, 0.717) is 15.1 Å². The van der Waals surface area contributed by atoms with Crippen molar-refractivity contribution in [2.75, 3.05) is 0 Å². The molecule has 0 bridgehead atoms. The molecular formula is C15H15ClN2O2S. The zero-order valence-electron chi connectivity index (χ0n) is 11.9. The van der Waals surface area contributed by atoms with E-state index >= 15 is 0 Å². The first-order chi connectivity index (χ1) is 9.77. The SMILES string of the molecule is CC(C)(C)c1cc(C(=O)O)cc(Sc2ncccc2Cl)n1. The molecule has 21 heavy (non-hydrogen) atoms. The van der Waals surface area contributed by atoms with Gasteiger partial charge >= 0.3 is 5.97 Å². The van der Waals surface area contributed by atoms with Gasteiger partial charge in [0.2, 0.25) is 0 Å². The molecule has 2 rings (SSSR count). The standard InChI is InChI=1S/C15H15ClN2O2S/c1-15(2,3)11-7-9(14(19)20)8-12(18-11)21-13-10(16)5-4-6-17-13/h4-8H,1-3H3,(H,19,20). The summed E-state index contributed by atoms with van der Waals surface area (Å²) in [4.78, 5) is 20.0. The topological polar surface area (TPSA) is 63.1 Å². The number of rotatable bonds is 3. The quantitative estimate of drug-likeness (QED) is 0.914. The second-order valence-corrected chi connectivity index (χ2v) is 6.94. The highest BCUT2D eigenvalue weighted by molar-refractivity contribution is 7.99. The van der Waals surface area contributed by atoms with Crippen LogP contribution in [0.5, 0.6) is 0 Å². The fourth-order valence-electron chi connectivity index (χ4n) is 1.61. The molecule has 0 saturated carbocycles. The molecule has 0 aliphatic carbocycles. The summed E-state index contributed by atoms with van der Waals surface area (Å²) in [5, 5.41) is 10.9. The van der Waals surface area contributed by atoms with E-state index in [2.05, 4.69) is 9.97 Å². The second kappa shape index (κ2) is 6.03. The number of nitrogens with zero attached hydrogens (tertiary/aromatic N) is 2. The Labute approximate surface area is 132 Å². The monoisotopic (exact) mass is 322 g/mol. The Balaban J connectivity index is 2.46. The maximum Gasteiger partial charge on any atom is 0.335 e. The first kappa shape index (κ1) is 15.8. The van der Waals surface area contributed by atoms with Crippen LogP contribution in [0.4, 0.5) is 0 Å². The molecule has 0 amide bonds. The van der Waals surface area contributed by atoms with Gasteiger partial charge in [-0.15, -0.1) is 0 Å². The molecule has 0 aliphatic heterocycles. The third-order valence-corrected chi connectivity index (χ3v) is 4.10. The smallest absolute Gasteiger partial charge is 0.335 e. The van der Waals surface area contributed by atoms with E-state index in [1.165, 1.54) is 17.8 Å². The third-order valence-electron chi connectivity index (χ3n) is 2.74. The molecule has 0 atom stereocenters. The van der Waals surface area contributed by atoms with Gasteiger partial charge < -0.3 is 5.11 Å². The average molecular weight is 323 g/mol. The van der Waals surface area contributed by atoms with Crippen LogP contribution in [0.15, 0.2) is 40.5 Å². The number of aromatic carboxylic acids is 1. The Kier molecular flexibility index (Phi) is 4.54. The van der Waals surface area contributed by atoms with E-state index < -0.39 is 5.97 Å². The van der Waals surface area contributed by atoms with Crippen molar-refractivity contribution >= 4 is 29.3 Å². The summed E-state index contributed by atoms with van der Waals surface area (Å²) in [5.74, 6) is -0.975. The van der Waals surface area contributed by atoms with Gasteiger partial charge in [-0.25, -0.2) is 14.8 Å². The lowest BCUT2D eigenvalue weighted by molar-refractivity contribution is 0.0696. The van der Waals surface area contributed by atoms with Crippen LogP contribution in [0.3, 0.4) is 0 Å². The molecule has 0 spiro atoms. The van der Waals surface area contributed by atoms with Crippen LogP contribution >= 0.6 is 23.4 Å². The first-order valence-electron chi connectivity index (χ1n) is 6.31. The predicted octanol–water partition coefficient (Wildman–Crippen LogP) is 4.28. The molecular weight excluding hydrogens is 308 g/mol. The van der Waals surface area contributed by atoms with Gasteiger partial charge in [-0.2, -0.15) is 0 Å². The Morgan fingerprint density at radius 2 is 2.05 bits per heavy atom. The Morgan fingerprint density at radius 3 is 2.62 bits per heavy atom. The van der Waals surface area contributed by atoms with Crippen LogP contribution < -0.4 is 0 Å². The second-order valence-electron chi connectivity index (χ2n) is 5.53. The summed E-state index contributed by atoms with van der Waals surface area (Å²) in [6.07, 6.45) is 1.64. The maximum atomic E-state index is 11.3. The summed E-state index contributed by atoms with van der Waals surface area (Å²) in [7, 11) is 0. The number of hydrogen-bond acceptors (Lipinski definition) is 4. The van der Waals surface area contributed by atoms with Crippen molar-refractivity contribution in [3.05, 3.63) is 46.7 Å².